The number of amides is 1. The number of piperidine rings is 1. The summed E-state index contributed by atoms with van der Waals surface area (Å²) in [5, 5.41) is 3.48. The predicted molar refractivity (Wildman–Crippen MR) is 106 cm³/mol. The van der Waals surface area contributed by atoms with Crippen molar-refractivity contribution in [3.8, 4) is 0 Å². The first-order valence-electron chi connectivity index (χ1n) is 9.61. The molecule has 1 aliphatic heterocycles. The number of hydrogen-bond acceptors (Lipinski definition) is 2. The number of halogens is 1. The first kappa shape index (κ1) is 20.3. The van der Waals surface area contributed by atoms with Crippen molar-refractivity contribution in [2.75, 3.05) is 13.1 Å². The second-order valence-electron chi connectivity index (χ2n) is 7.96. The van der Waals surface area contributed by atoms with Gasteiger partial charge in [-0.05, 0) is 81.1 Å². The summed E-state index contributed by atoms with van der Waals surface area (Å²) in [7, 11) is 0. The molecule has 0 spiro atoms. The van der Waals surface area contributed by atoms with Gasteiger partial charge in [-0.15, -0.1) is 12.4 Å². The first-order chi connectivity index (χ1) is 11.5. The van der Waals surface area contributed by atoms with Gasteiger partial charge < -0.3 is 10.2 Å². The van der Waals surface area contributed by atoms with Gasteiger partial charge in [-0.3, -0.25) is 4.79 Å². The number of benzene rings is 1. The zero-order valence-corrected chi connectivity index (χ0v) is 16.7. The Labute approximate surface area is 159 Å². The van der Waals surface area contributed by atoms with E-state index in [1.54, 1.807) is 0 Å². The summed E-state index contributed by atoms with van der Waals surface area (Å²) in [4.78, 5) is 15.1. The molecule has 1 aliphatic carbocycles. The van der Waals surface area contributed by atoms with Crippen molar-refractivity contribution < 1.29 is 4.79 Å². The number of carbonyl (C=O) groups is 1. The molecule has 3 rings (SSSR count). The molecule has 1 aromatic rings. The second-order valence-corrected chi connectivity index (χ2v) is 7.96. The van der Waals surface area contributed by atoms with Crippen molar-refractivity contribution in [3.05, 3.63) is 34.9 Å². The molecule has 1 saturated carbocycles. The van der Waals surface area contributed by atoms with Gasteiger partial charge in [0, 0.05) is 19.0 Å². The van der Waals surface area contributed by atoms with Crippen LogP contribution in [-0.2, 0) is 11.3 Å². The number of carbonyl (C=O) groups excluding carboxylic acids is 1. The average molecular weight is 365 g/mol. The monoisotopic (exact) mass is 364 g/mol. The lowest BCUT2D eigenvalue weighted by Gasteiger charge is -2.30. The van der Waals surface area contributed by atoms with Crippen LogP contribution in [-0.4, -0.2) is 29.9 Å². The number of aryl methyl sites for hydroxylation is 2. The van der Waals surface area contributed by atoms with Crippen LogP contribution in [0, 0.1) is 25.7 Å². The Morgan fingerprint density at radius 1 is 1.24 bits per heavy atom. The third-order valence-corrected chi connectivity index (χ3v) is 5.87. The fourth-order valence-electron chi connectivity index (χ4n) is 3.83. The Hall–Kier alpha value is -1.06. The molecule has 4 heteroatoms. The van der Waals surface area contributed by atoms with Crippen LogP contribution in [0.1, 0.15) is 55.7 Å². The summed E-state index contributed by atoms with van der Waals surface area (Å²) in [5.41, 5.74) is 3.91. The number of nitrogens with zero attached hydrogens (tertiary/aromatic N) is 1. The summed E-state index contributed by atoms with van der Waals surface area (Å²) in [6.07, 6.45) is 5.57. The van der Waals surface area contributed by atoms with E-state index in [1.165, 1.54) is 42.4 Å². The number of nitrogens with one attached hydrogen (secondary N) is 1. The molecule has 3 nitrogen and oxygen atoms in total. The van der Waals surface area contributed by atoms with Gasteiger partial charge in [0.2, 0.25) is 5.91 Å². The molecule has 2 atom stereocenters. The third-order valence-electron chi connectivity index (χ3n) is 5.87. The fourth-order valence-corrected chi connectivity index (χ4v) is 3.83. The standard InChI is InChI=1S/C21H32N2O.ClH/c1-15-6-7-18(11-16(15)2)14-23(20-8-9-20)21(24)12-17(3)19-5-4-10-22-13-19;/h6-7,11,17,19-20,22H,4-5,8-10,12-14H2,1-3H3;1H. The van der Waals surface area contributed by atoms with E-state index in [0.717, 1.165) is 19.6 Å². The highest BCUT2D eigenvalue weighted by atomic mass is 35.5. The lowest BCUT2D eigenvalue weighted by Crippen LogP contribution is -2.37. The Morgan fingerprint density at radius 3 is 2.60 bits per heavy atom. The minimum Gasteiger partial charge on any atom is -0.335 e. The minimum atomic E-state index is 0. The van der Waals surface area contributed by atoms with Crippen molar-refractivity contribution in [2.45, 2.75) is 65.5 Å². The molecule has 0 aromatic heterocycles. The molecule has 0 bridgehead atoms. The molecule has 1 saturated heterocycles. The maximum absolute atomic E-state index is 12.9. The van der Waals surface area contributed by atoms with Gasteiger partial charge in [-0.1, -0.05) is 25.1 Å². The molecule has 2 aliphatic rings. The van der Waals surface area contributed by atoms with Gasteiger partial charge in [-0.25, -0.2) is 0 Å². The van der Waals surface area contributed by atoms with Gasteiger partial charge in [0.15, 0.2) is 0 Å². The van der Waals surface area contributed by atoms with E-state index >= 15 is 0 Å². The predicted octanol–water partition coefficient (Wildman–Crippen LogP) is 4.24. The summed E-state index contributed by atoms with van der Waals surface area (Å²) in [6.45, 7) is 9.55. The molecular formula is C21H33ClN2O. The van der Waals surface area contributed by atoms with Crippen LogP contribution in [0.15, 0.2) is 18.2 Å². The number of hydrogen-bond donors (Lipinski definition) is 1. The van der Waals surface area contributed by atoms with Crippen LogP contribution in [0.5, 0.6) is 0 Å². The first-order valence-corrected chi connectivity index (χ1v) is 9.61. The van der Waals surface area contributed by atoms with Gasteiger partial charge in [-0.2, -0.15) is 0 Å². The number of rotatable bonds is 6. The van der Waals surface area contributed by atoms with Gasteiger partial charge in [0.25, 0.3) is 0 Å². The van der Waals surface area contributed by atoms with Crippen molar-refractivity contribution >= 4 is 18.3 Å². The normalized spacial score (nSPS) is 21.3. The van der Waals surface area contributed by atoms with Gasteiger partial charge in [0.05, 0.1) is 0 Å². The topological polar surface area (TPSA) is 32.3 Å². The second kappa shape index (κ2) is 9.05. The molecule has 140 valence electrons. The lowest BCUT2D eigenvalue weighted by molar-refractivity contribution is -0.133. The van der Waals surface area contributed by atoms with E-state index in [-0.39, 0.29) is 12.4 Å². The van der Waals surface area contributed by atoms with Crippen molar-refractivity contribution in [2.24, 2.45) is 11.8 Å². The quantitative estimate of drug-likeness (QED) is 0.818. The van der Waals surface area contributed by atoms with Crippen LogP contribution >= 0.6 is 12.4 Å². The molecule has 1 heterocycles. The van der Waals surface area contributed by atoms with Crippen LogP contribution < -0.4 is 5.32 Å². The largest absolute Gasteiger partial charge is 0.335 e. The maximum Gasteiger partial charge on any atom is 0.223 e. The fraction of sp³-hybridized carbons (Fsp3) is 0.667. The molecule has 25 heavy (non-hydrogen) atoms. The Morgan fingerprint density at radius 2 is 2.00 bits per heavy atom. The molecular weight excluding hydrogens is 332 g/mol. The molecule has 1 N–H and O–H groups in total. The highest BCUT2D eigenvalue weighted by Crippen LogP contribution is 2.31. The smallest absolute Gasteiger partial charge is 0.223 e. The molecule has 0 radical (unpaired) electrons. The van der Waals surface area contributed by atoms with E-state index in [0.29, 0.717) is 30.2 Å². The lowest BCUT2D eigenvalue weighted by atomic mass is 9.85. The minimum absolute atomic E-state index is 0. The Kier molecular flexibility index (Phi) is 7.33. The average Bonchev–Trinajstić information content (AvgIpc) is 3.41. The molecule has 2 unspecified atom stereocenters. The van der Waals surface area contributed by atoms with Gasteiger partial charge in [0.1, 0.15) is 0 Å². The van der Waals surface area contributed by atoms with Crippen LogP contribution in [0.4, 0.5) is 0 Å². The zero-order chi connectivity index (χ0) is 17.1. The highest BCUT2D eigenvalue weighted by molar-refractivity contribution is 5.85. The highest BCUT2D eigenvalue weighted by Gasteiger charge is 2.34. The third kappa shape index (κ3) is 5.46. The van der Waals surface area contributed by atoms with Crippen molar-refractivity contribution in [3.63, 3.8) is 0 Å². The van der Waals surface area contributed by atoms with Crippen LogP contribution in [0.2, 0.25) is 0 Å². The molecule has 1 amide bonds. The van der Waals surface area contributed by atoms with Crippen LogP contribution in [0.25, 0.3) is 0 Å². The zero-order valence-electron chi connectivity index (χ0n) is 15.9. The Bertz CT molecular complexity index is 579. The summed E-state index contributed by atoms with van der Waals surface area (Å²) in [6, 6.07) is 7.08. The summed E-state index contributed by atoms with van der Waals surface area (Å²) >= 11 is 0. The van der Waals surface area contributed by atoms with Crippen LogP contribution in [0.3, 0.4) is 0 Å². The van der Waals surface area contributed by atoms with E-state index < -0.39 is 0 Å². The molecule has 1 aromatic carbocycles. The van der Waals surface area contributed by atoms with E-state index in [9.17, 15) is 4.79 Å². The van der Waals surface area contributed by atoms with E-state index in [2.05, 4.69) is 49.2 Å². The van der Waals surface area contributed by atoms with E-state index in [4.69, 9.17) is 0 Å². The Balaban J connectivity index is 0.00000225. The van der Waals surface area contributed by atoms with E-state index in [1.807, 2.05) is 0 Å². The summed E-state index contributed by atoms with van der Waals surface area (Å²) < 4.78 is 0. The SMILES string of the molecule is Cc1ccc(CN(C(=O)CC(C)C2CCCNC2)C2CC2)cc1C.Cl. The maximum atomic E-state index is 12.9. The molecule has 2 fully saturated rings. The van der Waals surface area contributed by atoms with Gasteiger partial charge >= 0.3 is 0 Å². The van der Waals surface area contributed by atoms with Crippen molar-refractivity contribution in [1.29, 1.82) is 0 Å². The summed E-state index contributed by atoms with van der Waals surface area (Å²) in [5.74, 6) is 1.49. The van der Waals surface area contributed by atoms with Crippen molar-refractivity contribution in [1.82, 2.24) is 10.2 Å².